The van der Waals surface area contributed by atoms with Crippen LogP contribution >= 0.6 is 27.5 Å². The molecule has 2 aromatic carbocycles. The maximum atomic E-state index is 12.7. The maximum Gasteiger partial charge on any atom is 0.270 e. The Hall–Kier alpha value is -3.37. The summed E-state index contributed by atoms with van der Waals surface area (Å²) in [6, 6.07) is 14.8. The van der Waals surface area contributed by atoms with Crippen molar-refractivity contribution in [1.29, 1.82) is 0 Å². The standard InChI is InChI=1S/C25H25BrClN7O2/c26-20-21(32-33-22(20)31-23(35)16-5-1-2-6-17(16)27)24(36)28-12-9-15-10-13-34(14-11-15)25-29-18-7-3-4-8-19(18)30-25/h1-8,15H,9-14H2,(H,28,36)(H,29,30)(H2,31,32,33,35). The maximum absolute atomic E-state index is 12.7. The molecule has 0 saturated carbocycles. The van der Waals surface area contributed by atoms with Gasteiger partial charge in [0.25, 0.3) is 11.8 Å². The lowest BCUT2D eigenvalue weighted by atomic mass is 9.94. The Morgan fingerprint density at radius 1 is 1.08 bits per heavy atom. The van der Waals surface area contributed by atoms with Crippen molar-refractivity contribution < 1.29 is 9.59 Å². The molecule has 0 unspecified atom stereocenters. The topological polar surface area (TPSA) is 119 Å². The van der Waals surface area contributed by atoms with Gasteiger partial charge in [-0.25, -0.2) is 4.98 Å². The van der Waals surface area contributed by atoms with Gasteiger partial charge < -0.3 is 20.5 Å². The van der Waals surface area contributed by atoms with Gasteiger partial charge >= 0.3 is 0 Å². The zero-order valence-corrected chi connectivity index (χ0v) is 21.7. The van der Waals surface area contributed by atoms with Crippen molar-refractivity contribution in [3.05, 3.63) is 69.3 Å². The molecule has 0 atom stereocenters. The highest BCUT2D eigenvalue weighted by atomic mass is 79.9. The van der Waals surface area contributed by atoms with E-state index >= 15 is 0 Å². The molecule has 36 heavy (non-hydrogen) atoms. The minimum absolute atomic E-state index is 0.225. The summed E-state index contributed by atoms with van der Waals surface area (Å²) in [5.41, 5.74) is 2.61. The second-order valence-electron chi connectivity index (χ2n) is 8.75. The molecule has 3 heterocycles. The molecule has 2 aromatic heterocycles. The molecule has 11 heteroatoms. The quantitative estimate of drug-likeness (QED) is 0.250. The third-order valence-electron chi connectivity index (χ3n) is 6.41. The van der Waals surface area contributed by atoms with E-state index in [0.29, 0.717) is 27.5 Å². The van der Waals surface area contributed by atoms with Gasteiger partial charge in [-0.05, 0) is 65.4 Å². The Labute approximate surface area is 221 Å². The van der Waals surface area contributed by atoms with E-state index in [1.54, 1.807) is 24.3 Å². The van der Waals surface area contributed by atoms with Crippen LogP contribution in [-0.4, -0.2) is 51.6 Å². The molecule has 4 aromatic rings. The average molecular weight is 571 g/mol. The monoisotopic (exact) mass is 569 g/mol. The molecule has 2 amide bonds. The number of anilines is 2. The van der Waals surface area contributed by atoms with Gasteiger partial charge in [-0.2, -0.15) is 5.10 Å². The van der Waals surface area contributed by atoms with Crippen LogP contribution < -0.4 is 15.5 Å². The fourth-order valence-corrected chi connectivity index (χ4v) is 5.06. The van der Waals surface area contributed by atoms with Crippen molar-refractivity contribution in [3.8, 4) is 0 Å². The first-order valence-electron chi connectivity index (χ1n) is 11.8. The molecular formula is C25H25BrClN7O2. The SMILES string of the molecule is O=C(Nc1n[nH]c(C(=O)NCCC2CCN(c3nc4ccccc4[nH]3)CC2)c1Br)c1ccccc1Cl. The summed E-state index contributed by atoms with van der Waals surface area (Å²) in [7, 11) is 0. The van der Waals surface area contributed by atoms with Crippen molar-refractivity contribution in [1.82, 2.24) is 25.5 Å². The van der Waals surface area contributed by atoms with Crippen molar-refractivity contribution in [2.24, 2.45) is 5.92 Å². The highest BCUT2D eigenvalue weighted by molar-refractivity contribution is 9.10. The first-order chi connectivity index (χ1) is 17.5. The number of carbonyl (C=O) groups is 2. The summed E-state index contributed by atoms with van der Waals surface area (Å²) in [6.45, 7) is 2.42. The van der Waals surface area contributed by atoms with Crippen molar-refractivity contribution in [3.63, 3.8) is 0 Å². The molecule has 0 radical (unpaired) electrons. The Morgan fingerprint density at radius 2 is 1.83 bits per heavy atom. The Bertz CT molecular complexity index is 1360. The van der Waals surface area contributed by atoms with E-state index in [0.717, 1.165) is 49.3 Å². The lowest BCUT2D eigenvalue weighted by Crippen LogP contribution is -2.35. The predicted octanol–water partition coefficient (Wildman–Crippen LogP) is 4.99. The first kappa shape index (κ1) is 24.3. The average Bonchev–Trinajstić information content (AvgIpc) is 3.48. The fourth-order valence-electron chi connectivity index (χ4n) is 4.38. The number of aromatic nitrogens is 4. The molecule has 1 aliphatic rings. The highest BCUT2D eigenvalue weighted by Gasteiger charge is 2.23. The minimum atomic E-state index is -0.409. The van der Waals surface area contributed by atoms with Gasteiger partial charge in [0, 0.05) is 19.6 Å². The molecule has 186 valence electrons. The van der Waals surface area contributed by atoms with Gasteiger partial charge in [0.05, 0.1) is 26.1 Å². The van der Waals surface area contributed by atoms with Crippen molar-refractivity contribution in [2.45, 2.75) is 19.3 Å². The highest BCUT2D eigenvalue weighted by Crippen LogP contribution is 2.27. The number of fused-ring (bicyclic) bond motifs is 1. The van der Waals surface area contributed by atoms with Crippen LogP contribution in [0.2, 0.25) is 5.02 Å². The number of para-hydroxylation sites is 2. The molecule has 1 fully saturated rings. The predicted molar refractivity (Wildman–Crippen MR) is 144 cm³/mol. The number of benzene rings is 2. The lowest BCUT2D eigenvalue weighted by molar-refractivity contribution is 0.0944. The van der Waals surface area contributed by atoms with Crippen molar-refractivity contribution in [2.75, 3.05) is 29.9 Å². The van der Waals surface area contributed by atoms with Gasteiger partial charge in [-0.3, -0.25) is 14.7 Å². The van der Waals surface area contributed by atoms with Crippen LogP contribution in [0.4, 0.5) is 11.8 Å². The molecule has 0 bridgehead atoms. The lowest BCUT2D eigenvalue weighted by Gasteiger charge is -2.31. The number of nitrogens with zero attached hydrogens (tertiary/aromatic N) is 3. The second kappa shape index (κ2) is 10.7. The van der Waals surface area contributed by atoms with Crippen LogP contribution in [0.3, 0.4) is 0 Å². The van der Waals surface area contributed by atoms with Gasteiger partial charge in [0.2, 0.25) is 5.95 Å². The van der Waals surface area contributed by atoms with Crippen LogP contribution in [0, 0.1) is 5.92 Å². The molecular weight excluding hydrogens is 546 g/mol. The number of piperidine rings is 1. The zero-order chi connectivity index (χ0) is 25.1. The minimum Gasteiger partial charge on any atom is -0.351 e. The zero-order valence-electron chi connectivity index (χ0n) is 19.4. The van der Waals surface area contributed by atoms with Crippen LogP contribution in [0.5, 0.6) is 0 Å². The first-order valence-corrected chi connectivity index (χ1v) is 12.9. The number of hydrogen-bond donors (Lipinski definition) is 4. The number of amides is 2. The van der Waals surface area contributed by atoms with E-state index in [1.165, 1.54) is 0 Å². The van der Waals surface area contributed by atoms with E-state index in [4.69, 9.17) is 16.6 Å². The summed E-state index contributed by atoms with van der Waals surface area (Å²) in [6.07, 6.45) is 2.97. The third-order valence-corrected chi connectivity index (χ3v) is 7.52. The summed E-state index contributed by atoms with van der Waals surface area (Å²) in [4.78, 5) is 35.6. The van der Waals surface area contributed by atoms with E-state index in [2.05, 4.69) is 46.6 Å². The molecule has 9 nitrogen and oxygen atoms in total. The third kappa shape index (κ3) is 5.24. The number of aromatic amines is 2. The van der Waals surface area contributed by atoms with Crippen LogP contribution in [0.15, 0.2) is 53.0 Å². The van der Waals surface area contributed by atoms with Crippen LogP contribution in [-0.2, 0) is 0 Å². The van der Waals surface area contributed by atoms with Gasteiger partial charge in [0.1, 0.15) is 5.69 Å². The molecule has 1 saturated heterocycles. The summed E-state index contributed by atoms with van der Waals surface area (Å²) in [5.74, 6) is 0.982. The number of halogens is 2. The number of carbonyl (C=O) groups excluding carboxylic acids is 2. The molecule has 0 spiro atoms. The van der Waals surface area contributed by atoms with Crippen molar-refractivity contribution >= 4 is 62.1 Å². The summed E-state index contributed by atoms with van der Waals surface area (Å²) < 4.78 is 0.388. The number of nitrogens with one attached hydrogen (secondary N) is 4. The van der Waals surface area contributed by atoms with Crippen LogP contribution in [0.25, 0.3) is 11.0 Å². The van der Waals surface area contributed by atoms with Crippen LogP contribution in [0.1, 0.15) is 40.1 Å². The number of hydrogen-bond acceptors (Lipinski definition) is 5. The Morgan fingerprint density at radius 3 is 2.61 bits per heavy atom. The van der Waals surface area contributed by atoms with E-state index in [-0.39, 0.29) is 17.4 Å². The smallest absolute Gasteiger partial charge is 0.270 e. The van der Waals surface area contributed by atoms with Gasteiger partial charge in [-0.15, -0.1) is 0 Å². The largest absolute Gasteiger partial charge is 0.351 e. The van der Waals surface area contributed by atoms with E-state index in [1.807, 2.05) is 24.3 Å². The van der Waals surface area contributed by atoms with Gasteiger partial charge in [-0.1, -0.05) is 35.9 Å². The van der Waals surface area contributed by atoms with E-state index in [9.17, 15) is 9.59 Å². The summed E-state index contributed by atoms with van der Waals surface area (Å²) >= 11 is 9.45. The molecule has 1 aliphatic heterocycles. The van der Waals surface area contributed by atoms with Gasteiger partial charge in [0.15, 0.2) is 5.82 Å². The second-order valence-corrected chi connectivity index (χ2v) is 9.95. The molecule has 0 aliphatic carbocycles. The molecule has 4 N–H and O–H groups in total. The number of H-pyrrole nitrogens is 2. The number of imidazole rings is 1. The number of rotatable bonds is 7. The Balaban J connectivity index is 1.09. The summed E-state index contributed by atoms with van der Waals surface area (Å²) in [5, 5.41) is 12.7. The Kier molecular flexibility index (Phi) is 7.24. The molecule has 5 rings (SSSR count). The fraction of sp³-hybridized carbons (Fsp3) is 0.280. The van der Waals surface area contributed by atoms with E-state index < -0.39 is 5.91 Å². The normalized spacial score (nSPS) is 14.2.